The normalized spacial score (nSPS) is 9.79. The van der Waals surface area contributed by atoms with E-state index in [4.69, 9.17) is 16.7 Å². The third-order valence-corrected chi connectivity index (χ3v) is 1.86. The Morgan fingerprint density at radius 3 is 2.86 bits per heavy atom. The van der Waals surface area contributed by atoms with Crippen molar-refractivity contribution in [2.24, 2.45) is 0 Å². The molecule has 4 nitrogen and oxygen atoms in total. The molecule has 0 spiro atoms. The van der Waals surface area contributed by atoms with Gasteiger partial charge < -0.3 is 10.9 Å². The van der Waals surface area contributed by atoms with Crippen LogP contribution in [0, 0.1) is 0 Å². The van der Waals surface area contributed by atoms with Gasteiger partial charge in [-0.15, -0.1) is 0 Å². The first-order chi connectivity index (χ1) is 6.16. The molecule has 0 saturated carbocycles. The molecule has 0 aliphatic heterocycles. The molecule has 0 bridgehead atoms. The maximum atomic E-state index is 10.5. The fourth-order valence-electron chi connectivity index (χ4n) is 1.07. The predicted octanol–water partition coefficient (Wildman–Crippen LogP) is -1.20. The second-order valence-electron chi connectivity index (χ2n) is 2.54. The Labute approximate surface area is 98.2 Å². The number of halogens is 1. The molecule has 2 aromatic heterocycles. The first kappa shape index (κ1) is 11.1. The van der Waals surface area contributed by atoms with E-state index >= 15 is 0 Å². The molecule has 6 heteroatoms. The summed E-state index contributed by atoms with van der Waals surface area (Å²) in [5.74, 6) is -1.04. The van der Waals surface area contributed by atoms with E-state index in [9.17, 15) is 4.79 Å². The molecule has 0 unspecified atom stereocenters. The number of pyridine rings is 1. The Bertz CT molecular complexity index is 488. The zero-order valence-electron chi connectivity index (χ0n) is 8.44. The van der Waals surface area contributed by atoms with Gasteiger partial charge in [-0.05, 0) is 12.1 Å². The van der Waals surface area contributed by atoms with Crippen molar-refractivity contribution < 1.29 is 30.2 Å². The van der Waals surface area contributed by atoms with E-state index in [1.807, 2.05) is 0 Å². The third kappa shape index (κ3) is 1.93. The molecule has 0 fully saturated rings. The van der Waals surface area contributed by atoms with E-state index in [-0.39, 0.29) is 26.0 Å². The van der Waals surface area contributed by atoms with Crippen LogP contribution in [0.15, 0.2) is 24.5 Å². The van der Waals surface area contributed by atoms with Gasteiger partial charge in [-0.25, -0.2) is 9.78 Å². The minimum Gasteiger partial charge on any atom is -1.00 e. The van der Waals surface area contributed by atoms with Crippen LogP contribution < -0.4 is 18.9 Å². The number of carboxylic acids is 1. The summed E-state index contributed by atoms with van der Waals surface area (Å²) in [4.78, 5) is 14.4. The molecule has 68 valence electrons. The van der Waals surface area contributed by atoms with E-state index in [2.05, 4.69) is 4.98 Å². The number of aromatic carboxylic acids is 1. The summed E-state index contributed by atoms with van der Waals surface area (Å²) in [6.07, 6.45) is 3.03. The number of rotatable bonds is 1. The first-order valence-corrected chi connectivity index (χ1v) is 3.92. The molecule has 1 N–H and O–H groups in total. The van der Waals surface area contributed by atoms with E-state index in [1.54, 1.807) is 22.7 Å². The summed E-state index contributed by atoms with van der Waals surface area (Å²) in [5.41, 5.74) is 0.587. The quantitative estimate of drug-likeness (QED) is 0.594. The van der Waals surface area contributed by atoms with Gasteiger partial charge in [-0.3, -0.25) is 0 Å². The molecule has 0 saturated heterocycles. The van der Waals surface area contributed by atoms with Crippen molar-refractivity contribution in [1.29, 1.82) is 0 Å². The number of carbonyl (C=O) groups is 1. The van der Waals surface area contributed by atoms with Crippen molar-refractivity contribution >= 4 is 23.2 Å². The monoisotopic (exact) mass is 204 g/mol. The van der Waals surface area contributed by atoms with E-state index in [1.165, 1.54) is 6.20 Å². The van der Waals surface area contributed by atoms with Crippen LogP contribution in [-0.4, -0.2) is 20.5 Å². The van der Waals surface area contributed by atoms with Gasteiger partial charge in [0.1, 0.15) is 5.65 Å². The van der Waals surface area contributed by atoms with Gasteiger partial charge in [0.15, 0.2) is 5.69 Å². The molecule has 0 atom stereocenters. The van der Waals surface area contributed by atoms with Crippen molar-refractivity contribution in [3.05, 3.63) is 35.2 Å². The number of carboxylic acid groups (broad SMARTS) is 1. The average molecular weight is 205 g/mol. The largest absolute Gasteiger partial charge is 1.00 e. The number of fused-ring (bicyclic) bond motifs is 1. The average Bonchev–Trinajstić information content (AvgIpc) is 2.46. The van der Waals surface area contributed by atoms with E-state index in [0.29, 0.717) is 10.7 Å². The van der Waals surface area contributed by atoms with Crippen molar-refractivity contribution in [2.75, 3.05) is 0 Å². The van der Waals surface area contributed by atoms with Gasteiger partial charge in [0.05, 0.1) is 5.02 Å². The molecule has 14 heavy (non-hydrogen) atoms. The Kier molecular flexibility index (Phi) is 3.22. The second-order valence-corrected chi connectivity index (χ2v) is 2.98. The number of hydrogen-bond acceptors (Lipinski definition) is 2. The van der Waals surface area contributed by atoms with Crippen LogP contribution in [0.5, 0.6) is 0 Å². The number of hydrogen-bond donors (Lipinski definition) is 1. The standard InChI is InChI=1S/C8H5ClN2O2.Li.H/c9-5-1-2-7-10-6(8(12)13)4-11(7)3-5;;/h1-4H,(H,12,13);;/q;+1;-1. The van der Waals surface area contributed by atoms with Crippen molar-refractivity contribution in [3.8, 4) is 0 Å². The van der Waals surface area contributed by atoms with Gasteiger partial charge in [0.25, 0.3) is 0 Å². The SMILES string of the molecule is O=C(O)c1cn2cc(Cl)ccc2n1.[H-].[Li+]. The summed E-state index contributed by atoms with van der Waals surface area (Å²) >= 11 is 5.71. The van der Waals surface area contributed by atoms with Crippen LogP contribution in [0.2, 0.25) is 5.02 Å². The first-order valence-electron chi connectivity index (χ1n) is 3.54. The molecule has 0 radical (unpaired) electrons. The van der Waals surface area contributed by atoms with Gasteiger partial charge in [-0.1, -0.05) is 11.6 Å². The van der Waals surface area contributed by atoms with Crippen LogP contribution in [0.3, 0.4) is 0 Å². The molecular formula is C8H6ClLiN2O2. The maximum Gasteiger partial charge on any atom is 1.00 e. The predicted molar refractivity (Wildman–Crippen MR) is 48.3 cm³/mol. The summed E-state index contributed by atoms with van der Waals surface area (Å²) in [6, 6.07) is 3.32. The summed E-state index contributed by atoms with van der Waals surface area (Å²) in [6.45, 7) is 0. The topological polar surface area (TPSA) is 54.6 Å². The molecule has 0 aliphatic carbocycles. The molecular weight excluding hydrogens is 198 g/mol. The Hall–Kier alpha value is -0.953. The van der Waals surface area contributed by atoms with Crippen molar-refractivity contribution in [3.63, 3.8) is 0 Å². The summed E-state index contributed by atoms with van der Waals surface area (Å²) in [5, 5.41) is 9.19. The van der Waals surface area contributed by atoms with Gasteiger partial charge >= 0.3 is 24.8 Å². The van der Waals surface area contributed by atoms with Crippen molar-refractivity contribution in [2.45, 2.75) is 0 Å². The smallest absolute Gasteiger partial charge is 1.00 e. The van der Waals surface area contributed by atoms with Crippen LogP contribution in [0.1, 0.15) is 11.9 Å². The fraction of sp³-hybridized carbons (Fsp3) is 0. The number of aromatic nitrogens is 2. The van der Waals surface area contributed by atoms with Gasteiger partial charge in [0.2, 0.25) is 0 Å². The fourth-order valence-corrected chi connectivity index (χ4v) is 1.24. The number of nitrogens with zero attached hydrogens (tertiary/aromatic N) is 2. The van der Waals surface area contributed by atoms with Crippen molar-refractivity contribution in [1.82, 2.24) is 9.38 Å². The molecule has 2 aromatic rings. The Morgan fingerprint density at radius 2 is 2.21 bits per heavy atom. The maximum absolute atomic E-state index is 10.5. The van der Waals surface area contributed by atoms with Gasteiger partial charge in [-0.2, -0.15) is 0 Å². The van der Waals surface area contributed by atoms with Crippen LogP contribution in [0.25, 0.3) is 5.65 Å². The molecule has 0 aliphatic rings. The minimum atomic E-state index is -1.04. The number of imidazole rings is 1. The molecule has 0 aromatic carbocycles. The molecule has 2 heterocycles. The molecule has 2 rings (SSSR count). The van der Waals surface area contributed by atoms with E-state index < -0.39 is 5.97 Å². The van der Waals surface area contributed by atoms with E-state index in [0.717, 1.165) is 0 Å². The van der Waals surface area contributed by atoms with Gasteiger partial charge in [0, 0.05) is 12.4 Å². The summed E-state index contributed by atoms with van der Waals surface area (Å²) < 4.78 is 1.58. The third-order valence-electron chi connectivity index (χ3n) is 1.63. The zero-order valence-corrected chi connectivity index (χ0v) is 8.19. The zero-order chi connectivity index (χ0) is 9.42. The minimum absolute atomic E-state index is 0. The molecule has 0 amide bonds. The Morgan fingerprint density at radius 1 is 1.50 bits per heavy atom. The Balaban J connectivity index is 0.000000980. The van der Waals surface area contributed by atoms with Crippen LogP contribution >= 0.6 is 11.6 Å². The second kappa shape index (κ2) is 4.05. The van der Waals surface area contributed by atoms with Crippen LogP contribution in [-0.2, 0) is 0 Å². The summed E-state index contributed by atoms with van der Waals surface area (Å²) in [7, 11) is 0. The van der Waals surface area contributed by atoms with Crippen LogP contribution in [0.4, 0.5) is 0 Å².